The molecule has 0 bridgehead atoms. The molecule has 0 aliphatic carbocycles. The molecule has 0 saturated carbocycles. The van der Waals surface area contributed by atoms with Crippen LogP contribution in [0, 0.1) is 12.7 Å². The maximum absolute atomic E-state index is 13.6. The second-order valence-electron chi connectivity index (χ2n) is 5.23. The lowest BCUT2D eigenvalue weighted by molar-refractivity contribution is 0.614. The van der Waals surface area contributed by atoms with Gasteiger partial charge >= 0.3 is 0 Å². The quantitative estimate of drug-likeness (QED) is 0.820. The van der Waals surface area contributed by atoms with Crippen LogP contribution in [0.3, 0.4) is 0 Å². The Balaban J connectivity index is 2.07. The molecule has 0 aliphatic rings. The Morgan fingerprint density at radius 2 is 2.05 bits per heavy atom. The van der Waals surface area contributed by atoms with Crippen LogP contribution in [0.5, 0.6) is 0 Å². The number of hydrogen-bond donors (Lipinski definition) is 2. The first-order valence-corrected chi connectivity index (χ1v) is 7.32. The van der Waals surface area contributed by atoms with E-state index in [1.807, 2.05) is 31.2 Å². The molecule has 0 radical (unpaired) electrons. The molecule has 0 amide bonds. The molecule has 1 aromatic heterocycles. The molecular weight excluding hydrogens is 265 g/mol. The van der Waals surface area contributed by atoms with Gasteiger partial charge in [0.25, 0.3) is 0 Å². The van der Waals surface area contributed by atoms with E-state index >= 15 is 0 Å². The summed E-state index contributed by atoms with van der Waals surface area (Å²) in [5.41, 5.74) is 2.57. The van der Waals surface area contributed by atoms with E-state index < -0.39 is 0 Å². The lowest BCUT2D eigenvalue weighted by Gasteiger charge is -2.17. The second kappa shape index (κ2) is 7.07. The van der Waals surface area contributed by atoms with Crippen molar-refractivity contribution in [3.8, 4) is 0 Å². The van der Waals surface area contributed by atoms with Crippen LogP contribution in [-0.4, -0.2) is 11.5 Å². The number of halogens is 1. The fourth-order valence-electron chi connectivity index (χ4n) is 2.08. The number of rotatable bonds is 6. The van der Waals surface area contributed by atoms with Crippen molar-refractivity contribution in [2.24, 2.45) is 0 Å². The van der Waals surface area contributed by atoms with Crippen LogP contribution in [-0.2, 0) is 0 Å². The number of hydrogen-bond acceptors (Lipinski definition) is 3. The van der Waals surface area contributed by atoms with Gasteiger partial charge < -0.3 is 10.6 Å². The predicted octanol–water partition coefficient (Wildman–Crippen LogP) is 4.52. The van der Waals surface area contributed by atoms with E-state index in [0.29, 0.717) is 5.56 Å². The van der Waals surface area contributed by atoms with Crippen molar-refractivity contribution < 1.29 is 4.39 Å². The van der Waals surface area contributed by atoms with Gasteiger partial charge in [0.1, 0.15) is 11.6 Å². The van der Waals surface area contributed by atoms with Crippen molar-refractivity contribution in [3.05, 3.63) is 53.5 Å². The summed E-state index contributed by atoms with van der Waals surface area (Å²) >= 11 is 0. The molecular formula is C17H22FN3. The normalized spacial score (nSPS) is 12.0. The molecule has 4 heteroatoms. The first kappa shape index (κ1) is 15.3. The van der Waals surface area contributed by atoms with Crippen LogP contribution < -0.4 is 10.6 Å². The summed E-state index contributed by atoms with van der Waals surface area (Å²) in [6.45, 7) is 6.80. The lowest BCUT2D eigenvalue weighted by atomic mass is 10.1. The van der Waals surface area contributed by atoms with Crippen LogP contribution in [0.2, 0.25) is 0 Å². The van der Waals surface area contributed by atoms with Crippen LogP contribution in [0.25, 0.3) is 0 Å². The highest BCUT2D eigenvalue weighted by molar-refractivity contribution is 5.53. The summed E-state index contributed by atoms with van der Waals surface area (Å²) in [4.78, 5) is 4.27. The Morgan fingerprint density at radius 1 is 1.24 bits per heavy atom. The Kier molecular flexibility index (Phi) is 5.14. The van der Waals surface area contributed by atoms with Crippen molar-refractivity contribution in [2.45, 2.75) is 33.2 Å². The van der Waals surface area contributed by atoms with E-state index in [1.54, 1.807) is 19.2 Å². The largest absolute Gasteiger partial charge is 0.378 e. The van der Waals surface area contributed by atoms with Gasteiger partial charge in [-0.3, -0.25) is 0 Å². The SMILES string of the molecule is CCCNc1cc(NC(C)c2ccc(C)c(F)c2)ccn1. The standard InChI is InChI=1S/C17H22FN3/c1-4-8-19-17-11-15(7-9-20-17)21-13(3)14-6-5-12(2)16(18)10-14/h5-7,9-11,13H,4,8H2,1-3H3,(H2,19,20,21). The highest BCUT2D eigenvalue weighted by atomic mass is 19.1. The summed E-state index contributed by atoms with van der Waals surface area (Å²) in [6.07, 6.45) is 2.82. The van der Waals surface area contributed by atoms with Crippen LogP contribution in [0.4, 0.5) is 15.9 Å². The van der Waals surface area contributed by atoms with Crippen molar-refractivity contribution in [1.29, 1.82) is 0 Å². The summed E-state index contributed by atoms with van der Waals surface area (Å²) < 4.78 is 13.6. The Labute approximate surface area is 125 Å². The van der Waals surface area contributed by atoms with Gasteiger partial charge in [0.05, 0.1) is 0 Å². The first-order chi connectivity index (χ1) is 10.1. The van der Waals surface area contributed by atoms with E-state index in [9.17, 15) is 4.39 Å². The molecule has 2 rings (SSSR count). The fourth-order valence-corrected chi connectivity index (χ4v) is 2.08. The molecule has 21 heavy (non-hydrogen) atoms. The number of pyridine rings is 1. The zero-order chi connectivity index (χ0) is 15.2. The van der Waals surface area contributed by atoms with Gasteiger partial charge in [-0.1, -0.05) is 19.1 Å². The molecule has 0 saturated heterocycles. The van der Waals surface area contributed by atoms with Gasteiger partial charge in [0.15, 0.2) is 0 Å². The lowest BCUT2D eigenvalue weighted by Crippen LogP contribution is -2.08. The van der Waals surface area contributed by atoms with Gasteiger partial charge in [-0.2, -0.15) is 0 Å². The number of nitrogens with zero attached hydrogens (tertiary/aromatic N) is 1. The number of anilines is 2. The molecule has 1 heterocycles. The zero-order valence-electron chi connectivity index (χ0n) is 12.8. The van der Waals surface area contributed by atoms with Gasteiger partial charge in [-0.05, 0) is 43.5 Å². The summed E-state index contributed by atoms with van der Waals surface area (Å²) in [6, 6.07) is 9.26. The average Bonchev–Trinajstić information content (AvgIpc) is 2.48. The number of aryl methyl sites for hydroxylation is 1. The van der Waals surface area contributed by atoms with E-state index in [1.165, 1.54) is 0 Å². The van der Waals surface area contributed by atoms with Crippen molar-refractivity contribution >= 4 is 11.5 Å². The van der Waals surface area contributed by atoms with Gasteiger partial charge in [0.2, 0.25) is 0 Å². The third kappa shape index (κ3) is 4.18. The molecule has 1 unspecified atom stereocenters. The molecule has 2 N–H and O–H groups in total. The topological polar surface area (TPSA) is 37.0 Å². The van der Waals surface area contributed by atoms with Gasteiger partial charge in [0, 0.05) is 30.5 Å². The minimum atomic E-state index is -0.166. The molecule has 2 aromatic rings. The smallest absolute Gasteiger partial charge is 0.127 e. The minimum absolute atomic E-state index is 0.0292. The van der Waals surface area contributed by atoms with E-state index in [0.717, 1.165) is 30.0 Å². The Hall–Kier alpha value is -2.10. The number of benzene rings is 1. The minimum Gasteiger partial charge on any atom is -0.378 e. The molecule has 0 spiro atoms. The van der Waals surface area contributed by atoms with Crippen LogP contribution in [0.1, 0.15) is 37.4 Å². The highest BCUT2D eigenvalue weighted by Gasteiger charge is 2.08. The third-order valence-electron chi connectivity index (χ3n) is 3.40. The van der Waals surface area contributed by atoms with Crippen LogP contribution >= 0.6 is 0 Å². The zero-order valence-corrected chi connectivity index (χ0v) is 12.8. The third-order valence-corrected chi connectivity index (χ3v) is 3.40. The Bertz CT molecular complexity index is 598. The second-order valence-corrected chi connectivity index (χ2v) is 5.23. The summed E-state index contributed by atoms with van der Waals surface area (Å²) in [5.74, 6) is 0.685. The molecule has 1 atom stereocenters. The predicted molar refractivity (Wildman–Crippen MR) is 86.2 cm³/mol. The van der Waals surface area contributed by atoms with Crippen molar-refractivity contribution in [3.63, 3.8) is 0 Å². The summed E-state index contributed by atoms with van der Waals surface area (Å²) in [5, 5.41) is 6.63. The molecule has 0 fully saturated rings. The maximum Gasteiger partial charge on any atom is 0.127 e. The van der Waals surface area contributed by atoms with E-state index in [4.69, 9.17) is 0 Å². The molecule has 112 valence electrons. The van der Waals surface area contributed by atoms with Crippen molar-refractivity contribution in [1.82, 2.24) is 4.98 Å². The monoisotopic (exact) mass is 287 g/mol. The Morgan fingerprint density at radius 3 is 2.76 bits per heavy atom. The molecule has 0 aliphatic heterocycles. The maximum atomic E-state index is 13.6. The number of aromatic nitrogens is 1. The number of nitrogens with one attached hydrogen (secondary N) is 2. The van der Waals surface area contributed by atoms with E-state index in [-0.39, 0.29) is 11.9 Å². The van der Waals surface area contributed by atoms with Gasteiger partial charge in [-0.15, -0.1) is 0 Å². The average molecular weight is 287 g/mol. The first-order valence-electron chi connectivity index (χ1n) is 7.32. The highest BCUT2D eigenvalue weighted by Crippen LogP contribution is 2.22. The van der Waals surface area contributed by atoms with Crippen LogP contribution in [0.15, 0.2) is 36.5 Å². The van der Waals surface area contributed by atoms with E-state index in [2.05, 4.69) is 22.5 Å². The molecule has 1 aromatic carbocycles. The fraction of sp³-hybridized carbons (Fsp3) is 0.353. The van der Waals surface area contributed by atoms with Crippen molar-refractivity contribution in [2.75, 3.05) is 17.2 Å². The summed E-state index contributed by atoms with van der Waals surface area (Å²) in [7, 11) is 0. The molecule has 3 nitrogen and oxygen atoms in total. The van der Waals surface area contributed by atoms with Gasteiger partial charge in [-0.25, -0.2) is 9.37 Å².